The summed E-state index contributed by atoms with van der Waals surface area (Å²) >= 11 is 0. The molecule has 0 aliphatic carbocycles. The molecule has 1 saturated heterocycles. The van der Waals surface area contributed by atoms with E-state index in [4.69, 9.17) is 18.9 Å². The molecule has 0 radical (unpaired) electrons. The summed E-state index contributed by atoms with van der Waals surface area (Å²) in [5, 5.41) is 30.7. The predicted octanol–water partition coefficient (Wildman–Crippen LogP) is 11.1. The molecule has 4 N–H and O–H groups in total. The number of unbranched alkanes of at least 4 members (excludes halogenated alkanes) is 22. The summed E-state index contributed by atoms with van der Waals surface area (Å²) in [5.41, 5.74) is 0. The first-order chi connectivity index (χ1) is 30.6. The Bertz CT molecular complexity index is 1290. The first kappa shape index (κ1) is 59.1. The summed E-state index contributed by atoms with van der Waals surface area (Å²) in [5.74, 6) is -0.409. The zero-order valence-electron chi connectivity index (χ0n) is 39.4. The van der Waals surface area contributed by atoms with Crippen LogP contribution < -0.4 is 0 Å². The van der Waals surface area contributed by atoms with Crippen molar-refractivity contribution in [2.24, 2.45) is 0 Å². The highest BCUT2D eigenvalue weighted by molar-refractivity contribution is 7.80. The Morgan fingerprint density at radius 3 is 1.57 bits per heavy atom. The smallest absolute Gasteiger partial charge is 0.397 e. The van der Waals surface area contributed by atoms with E-state index in [-0.39, 0.29) is 19.6 Å². The summed E-state index contributed by atoms with van der Waals surface area (Å²) in [6, 6.07) is 0. The molecule has 12 nitrogen and oxygen atoms in total. The number of carbonyl (C=O) groups is 1. The van der Waals surface area contributed by atoms with Gasteiger partial charge in [0.2, 0.25) is 0 Å². The third-order valence-corrected chi connectivity index (χ3v) is 11.6. The Hall–Kier alpha value is -1.94. The molecule has 0 amide bonds. The molecular weight excluding hydrogens is 825 g/mol. The normalized spacial score (nSPS) is 20.3. The van der Waals surface area contributed by atoms with Crippen molar-refractivity contribution in [3.63, 3.8) is 0 Å². The second-order valence-electron chi connectivity index (χ2n) is 17.0. The number of ether oxygens (including phenoxy) is 4. The zero-order valence-corrected chi connectivity index (χ0v) is 40.2. The van der Waals surface area contributed by atoms with Crippen LogP contribution in [0.25, 0.3) is 0 Å². The van der Waals surface area contributed by atoms with Crippen molar-refractivity contribution in [1.82, 2.24) is 0 Å². The fraction of sp³-hybridized carbons (Fsp3) is 0.820. The van der Waals surface area contributed by atoms with Gasteiger partial charge in [0.25, 0.3) is 0 Å². The molecule has 0 spiro atoms. The van der Waals surface area contributed by atoms with E-state index >= 15 is 0 Å². The molecule has 0 saturated carbocycles. The Morgan fingerprint density at radius 1 is 0.603 bits per heavy atom. The number of carbonyl (C=O) groups excluding carboxylic acids is 1. The molecule has 0 bridgehead atoms. The average molecular weight is 915 g/mol. The molecular formula is C50H90O12S. The fourth-order valence-electron chi connectivity index (χ4n) is 7.38. The van der Waals surface area contributed by atoms with Crippen LogP contribution in [0.4, 0.5) is 0 Å². The monoisotopic (exact) mass is 915 g/mol. The first-order valence-corrected chi connectivity index (χ1v) is 26.3. The van der Waals surface area contributed by atoms with Crippen LogP contribution >= 0.6 is 0 Å². The third kappa shape index (κ3) is 35.0. The van der Waals surface area contributed by atoms with E-state index in [2.05, 4.69) is 66.6 Å². The number of aliphatic hydroxyl groups is 3. The van der Waals surface area contributed by atoms with Crippen molar-refractivity contribution in [2.45, 2.75) is 237 Å². The van der Waals surface area contributed by atoms with E-state index in [0.29, 0.717) is 13.0 Å². The Morgan fingerprint density at radius 2 is 1.05 bits per heavy atom. The maximum absolute atomic E-state index is 12.9. The average Bonchev–Trinajstić information content (AvgIpc) is 3.26. The Balaban J connectivity index is 2.36. The second kappa shape index (κ2) is 41.5. The largest absolute Gasteiger partial charge is 0.457 e. The lowest BCUT2D eigenvalue weighted by Gasteiger charge is -2.41. The molecule has 1 aliphatic rings. The minimum atomic E-state index is -5.07. The van der Waals surface area contributed by atoms with Crippen molar-refractivity contribution in [1.29, 1.82) is 0 Å². The van der Waals surface area contributed by atoms with E-state index in [1.165, 1.54) is 109 Å². The molecule has 63 heavy (non-hydrogen) atoms. The van der Waals surface area contributed by atoms with Gasteiger partial charge in [0, 0.05) is 13.0 Å². The number of hydrogen-bond acceptors (Lipinski definition) is 11. The molecule has 0 aromatic heterocycles. The number of esters is 1. The van der Waals surface area contributed by atoms with Gasteiger partial charge in [-0.2, -0.15) is 8.42 Å². The molecule has 368 valence electrons. The molecule has 6 unspecified atom stereocenters. The SMILES string of the molecule is CCCCC/C=C\CCCCCCCCOCC(COC1OC(CO)C(O)C(OS(=O)(=O)O)C1O)OC(=O)CCCCCCCCCC/C=C\C/C=C\C/C=C\CCCCCCC. The maximum Gasteiger partial charge on any atom is 0.397 e. The van der Waals surface area contributed by atoms with E-state index in [1.54, 1.807) is 0 Å². The van der Waals surface area contributed by atoms with Crippen LogP contribution in [-0.2, 0) is 38.3 Å². The van der Waals surface area contributed by atoms with E-state index < -0.39 is 59.8 Å². The van der Waals surface area contributed by atoms with Crippen LogP contribution in [0.5, 0.6) is 0 Å². The van der Waals surface area contributed by atoms with Gasteiger partial charge in [-0.05, 0) is 77.0 Å². The molecule has 1 heterocycles. The zero-order chi connectivity index (χ0) is 46.1. The van der Waals surface area contributed by atoms with Crippen molar-refractivity contribution >= 4 is 16.4 Å². The molecule has 6 atom stereocenters. The molecule has 13 heteroatoms. The highest BCUT2D eigenvalue weighted by Gasteiger charge is 2.48. The van der Waals surface area contributed by atoms with Crippen LogP contribution in [0.15, 0.2) is 48.6 Å². The van der Waals surface area contributed by atoms with E-state index in [1.807, 2.05) is 0 Å². The summed E-state index contributed by atoms with van der Waals surface area (Å²) in [6.45, 7) is 3.94. The van der Waals surface area contributed by atoms with Crippen molar-refractivity contribution < 1.29 is 56.2 Å². The minimum absolute atomic E-state index is 0.0280. The van der Waals surface area contributed by atoms with Gasteiger partial charge >= 0.3 is 16.4 Å². The topological polar surface area (TPSA) is 178 Å². The third-order valence-electron chi connectivity index (χ3n) is 11.2. The van der Waals surface area contributed by atoms with Crippen molar-refractivity contribution in [3.05, 3.63) is 48.6 Å². The summed E-state index contributed by atoms with van der Waals surface area (Å²) in [6.07, 6.45) is 41.4. The number of allylic oxidation sites excluding steroid dienone is 8. The van der Waals surface area contributed by atoms with Gasteiger partial charge in [-0.15, -0.1) is 0 Å². The van der Waals surface area contributed by atoms with Gasteiger partial charge in [-0.1, -0.05) is 165 Å². The standard InChI is InChI=1S/C50H90O12S/c1-3-5-7-9-11-13-15-17-18-19-20-21-22-23-24-25-26-27-29-31-33-35-37-39-46(52)60-44(42-58-40-38-36-34-32-30-28-16-14-12-10-8-6-4-2)43-59-50-48(54)49(62-63(55,56)57)47(53)45(41-51)61-50/h12,14-15,17,19-20,22-23,44-45,47-51,53-54H,3-11,13,16,18,21,24-43H2,1-2H3,(H,55,56,57)/b14-12-,17-15-,20-19-,23-22-. The van der Waals surface area contributed by atoms with Crippen LogP contribution in [0.1, 0.15) is 200 Å². The fourth-order valence-corrected chi connectivity index (χ4v) is 7.89. The lowest BCUT2D eigenvalue weighted by molar-refractivity contribution is -0.301. The van der Waals surface area contributed by atoms with E-state index in [0.717, 1.165) is 64.2 Å². The number of aliphatic hydroxyl groups excluding tert-OH is 3. The Kier molecular flexibility index (Phi) is 38.9. The molecule has 1 fully saturated rings. The van der Waals surface area contributed by atoms with Crippen molar-refractivity contribution in [2.75, 3.05) is 26.4 Å². The Labute approximate surface area is 383 Å². The second-order valence-corrected chi connectivity index (χ2v) is 18.1. The lowest BCUT2D eigenvalue weighted by atomic mass is 9.99. The van der Waals surface area contributed by atoms with Gasteiger partial charge in [0.15, 0.2) is 6.29 Å². The minimum Gasteiger partial charge on any atom is -0.457 e. The van der Waals surface area contributed by atoms with Crippen LogP contribution in [0.3, 0.4) is 0 Å². The maximum atomic E-state index is 12.9. The van der Waals surface area contributed by atoms with Crippen LogP contribution in [0.2, 0.25) is 0 Å². The van der Waals surface area contributed by atoms with E-state index in [9.17, 15) is 33.1 Å². The summed E-state index contributed by atoms with van der Waals surface area (Å²) in [7, 11) is -5.07. The van der Waals surface area contributed by atoms with Crippen molar-refractivity contribution in [3.8, 4) is 0 Å². The molecule has 1 aliphatic heterocycles. The lowest BCUT2D eigenvalue weighted by Crippen LogP contribution is -2.60. The predicted molar refractivity (Wildman–Crippen MR) is 253 cm³/mol. The van der Waals surface area contributed by atoms with Crippen LogP contribution in [0, 0.1) is 0 Å². The van der Waals surface area contributed by atoms with Gasteiger partial charge in [0.1, 0.15) is 30.5 Å². The summed E-state index contributed by atoms with van der Waals surface area (Å²) < 4.78 is 59.1. The highest BCUT2D eigenvalue weighted by atomic mass is 32.3. The van der Waals surface area contributed by atoms with Gasteiger partial charge < -0.3 is 34.3 Å². The quantitative estimate of drug-likeness (QED) is 0.0197. The van der Waals surface area contributed by atoms with Crippen LogP contribution in [-0.4, -0.2) is 97.5 Å². The van der Waals surface area contributed by atoms with Gasteiger partial charge in [0.05, 0.1) is 19.8 Å². The number of rotatable bonds is 43. The van der Waals surface area contributed by atoms with Gasteiger partial charge in [-0.25, -0.2) is 4.18 Å². The number of hydrogen-bond donors (Lipinski definition) is 4. The summed E-state index contributed by atoms with van der Waals surface area (Å²) in [4.78, 5) is 12.9. The molecule has 0 aromatic rings. The first-order valence-electron chi connectivity index (χ1n) is 24.9. The molecule has 1 rings (SSSR count). The molecule has 0 aromatic carbocycles. The van der Waals surface area contributed by atoms with Gasteiger partial charge in [-0.3, -0.25) is 9.35 Å². The highest BCUT2D eigenvalue weighted by Crippen LogP contribution is 2.26.